The topological polar surface area (TPSA) is 27.8 Å². The van der Waals surface area contributed by atoms with Gasteiger partial charge in [0.2, 0.25) is 0 Å². The van der Waals surface area contributed by atoms with Gasteiger partial charge >= 0.3 is 0 Å². The van der Waals surface area contributed by atoms with Gasteiger partial charge in [-0.3, -0.25) is 0 Å². The predicted octanol–water partition coefficient (Wildman–Crippen LogP) is 0.857. The van der Waals surface area contributed by atoms with Crippen LogP contribution in [0.2, 0.25) is 0 Å². The molecule has 2 heteroatoms. The predicted molar refractivity (Wildman–Crippen MR) is 29.2 cm³/mol. The largest absolute Gasteiger partial charge is 0.386 e. The van der Waals surface area contributed by atoms with Crippen LogP contribution in [0.15, 0.2) is 12.3 Å². The van der Waals surface area contributed by atoms with E-state index in [1.807, 2.05) is 19.3 Å². The molecule has 0 fully saturated rings. The summed E-state index contributed by atoms with van der Waals surface area (Å²) in [7, 11) is 1.86. The highest BCUT2D eigenvalue weighted by molar-refractivity contribution is 5.37. The second-order valence-corrected chi connectivity index (χ2v) is 1.27. The fourth-order valence-electron chi connectivity index (χ4n) is 0.432. The third kappa shape index (κ3) is 0.738. The molecule has 0 saturated carbocycles. The molecule has 0 unspecified atom stereocenters. The van der Waals surface area contributed by atoms with Gasteiger partial charge in [0.25, 0.3) is 0 Å². The Morgan fingerprint density at radius 1 is 1.86 bits per heavy atom. The number of hydrogen-bond acceptors (Lipinski definition) is 1. The van der Waals surface area contributed by atoms with Gasteiger partial charge in [-0.1, -0.05) is 0 Å². The molecule has 2 nitrogen and oxygen atoms in total. The summed E-state index contributed by atoms with van der Waals surface area (Å²) in [6.07, 6.45) is 4.68. The van der Waals surface area contributed by atoms with Crippen molar-refractivity contribution in [3.05, 3.63) is 18.5 Å². The van der Waals surface area contributed by atoms with E-state index in [0.717, 1.165) is 5.69 Å². The van der Waals surface area contributed by atoms with E-state index in [2.05, 4.69) is 16.5 Å². The minimum absolute atomic E-state index is 1.00. The number of hydrogen-bond donors (Lipinski definition) is 2. The van der Waals surface area contributed by atoms with Gasteiger partial charge in [0.05, 0.1) is 11.9 Å². The first-order chi connectivity index (χ1) is 3.43. The Hall–Kier alpha value is -0.920. The summed E-state index contributed by atoms with van der Waals surface area (Å²) in [5, 5.41) is 2.92. The highest BCUT2D eigenvalue weighted by atomic mass is 14.8. The zero-order chi connectivity index (χ0) is 5.11. The van der Waals surface area contributed by atoms with Crippen LogP contribution < -0.4 is 5.32 Å². The first kappa shape index (κ1) is 4.24. The fourth-order valence-corrected chi connectivity index (χ4v) is 0.432. The third-order valence-corrected chi connectivity index (χ3v) is 0.810. The van der Waals surface area contributed by atoms with Gasteiger partial charge in [0.1, 0.15) is 0 Å². The van der Waals surface area contributed by atoms with Crippen molar-refractivity contribution < 1.29 is 0 Å². The zero-order valence-electron chi connectivity index (χ0n) is 4.15. The van der Waals surface area contributed by atoms with Gasteiger partial charge in [-0.05, 0) is 6.07 Å². The first-order valence-corrected chi connectivity index (χ1v) is 2.16. The van der Waals surface area contributed by atoms with Crippen molar-refractivity contribution in [1.29, 1.82) is 0 Å². The molecule has 2 N–H and O–H groups in total. The minimum atomic E-state index is 1.00. The van der Waals surface area contributed by atoms with Gasteiger partial charge in [-0.15, -0.1) is 0 Å². The molecule has 1 heterocycles. The lowest BCUT2D eigenvalue weighted by Crippen LogP contribution is -1.82. The van der Waals surface area contributed by atoms with E-state index in [1.54, 1.807) is 0 Å². The summed E-state index contributed by atoms with van der Waals surface area (Å²) in [5.41, 5.74) is 1.00. The molecule has 0 saturated heterocycles. The maximum Gasteiger partial charge on any atom is 0.0876 e. The number of anilines is 1. The van der Waals surface area contributed by atoms with Crippen LogP contribution in [-0.4, -0.2) is 12.0 Å². The normalized spacial score (nSPS) is 8.71. The molecule has 0 aromatic carbocycles. The second-order valence-electron chi connectivity index (χ2n) is 1.27. The highest BCUT2D eigenvalue weighted by Gasteiger charge is 1.80. The van der Waals surface area contributed by atoms with Crippen molar-refractivity contribution in [1.82, 2.24) is 4.98 Å². The summed E-state index contributed by atoms with van der Waals surface area (Å²) in [6, 6.07) is 1.92. The van der Waals surface area contributed by atoms with Crippen LogP contribution in [0.25, 0.3) is 0 Å². The molecule has 1 aromatic heterocycles. The Morgan fingerprint density at radius 2 is 2.71 bits per heavy atom. The highest BCUT2D eigenvalue weighted by Crippen LogP contribution is 1.98. The minimum Gasteiger partial charge on any atom is -0.386 e. The van der Waals surface area contributed by atoms with E-state index in [-0.39, 0.29) is 0 Å². The van der Waals surface area contributed by atoms with Crippen LogP contribution in [-0.2, 0) is 0 Å². The number of nitrogens with one attached hydrogen (secondary N) is 2. The van der Waals surface area contributed by atoms with Crippen molar-refractivity contribution in [3.8, 4) is 0 Å². The van der Waals surface area contributed by atoms with E-state index in [1.165, 1.54) is 0 Å². The lowest BCUT2D eigenvalue weighted by atomic mass is 10.5. The standard InChI is InChI=1S/C5H7N2/c1-6-5-2-3-7-4-5/h2-3,6-7H,1H3. The summed E-state index contributed by atoms with van der Waals surface area (Å²) < 4.78 is 0. The van der Waals surface area contributed by atoms with E-state index < -0.39 is 0 Å². The Labute approximate surface area is 42.6 Å². The Bertz CT molecular complexity index is 121. The van der Waals surface area contributed by atoms with E-state index >= 15 is 0 Å². The third-order valence-electron chi connectivity index (χ3n) is 0.810. The molecule has 0 aliphatic carbocycles. The number of aromatic nitrogens is 1. The van der Waals surface area contributed by atoms with Crippen LogP contribution in [0, 0.1) is 6.20 Å². The van der Waals surface area contributed by atoms with Gasteiger partial charge in [0, 0.05) is 13.2 Å². The summed E-state index contributed by atoms with van der Waals surface area (Å²) in [5.74, 6) is 0. The summed E-state index contributed by atoms with van der Waals surface area (Å²) in [4.78, 5) is 2.79. The smallest absolute Gasteiger partial charge is 0.0876 e. The molecule has 1 rings (SSSR count). The molecule has 37 valence electrons. The molecule has 0 bridgehead atoms. The van der Waals surface area contributed by atoms with Gasteiger partial charge in [-0.25, -0.2) is 0 Å². The Morgan fingerprint density at radius 3 is 3.00 bits per heavy atom. The lowest BCUT2D eigenvalue weighted by molar-refractivity contribution is 1.39. The number of aromatic amines is 1. The second kappa shape index (κ2) is 1.69. The van der Waals surface area contributed by atoms with Gasteiger partial charge in [0.15, 0.2) is 0 Å². The molecule has 7 heavy (non-hydrogen) atoms. The summed E-state index contributed by atoms with van der Waals surface area (Å²) >= 11 is 0. The number of H-pyrrole nitrogens is 1. The first-order valence-electron chi connectivity index (χ1n) is 2.16. The molecular weight excluding hydrogens is 88.1 g/mol. The summed E-state index contributed by atoms with van der Waals surface area (Å²) in [6.45, 7) is 0. The van der Waals surface area contributed by atoms with Crippen molar-refractivity contribution >= 4 is 5.69 Å². The Balaban J connectivity index is 2.76. The Kier molecular flexibility index (Phi) is 1.02. The van der Waals surface area contributed by atoms with Crippen molar-refractivity contribution in [2.75, 3.05) is 12.4 Å². The van der Waals surface area contributed by atoms with Gasteiger partial charge < -0.3 is 10.3 Å². The fraction of sp³-hybridized carbons (Fsp3) is 0.200. The van der Waals surface area contributed by atoms with Crippen LogP contribution >= 0.6 is 0 Å². The zero-order valence-corrected chi connectivity index (χ0v) is 4.15. The van der Waals surface area contributed by atoms with Crippen LogP contribution in [0.1, 0.15) is 0 Å². The van der Waals surface area contributed by atoms with Crippen LogP contribution in [0.4, 0.5) is 5.69 Å². The SMILES string of the molecule is CNc1[c][nH]cc1. The average Bonchev–Trinajstić information content (AvgIpc) is 2.14. The number of rotatable bonds is 1. The maximum atomic E-state index is 2.92. The van der Waals surface area contributed by atoms with Crippen LogP contribution in [0.5, 0.6) is 0 Å². The van der Waals surface area contributed by atoms with Crippen molar-refractivity contribution in [2.24, 2.45) is 0 Å². The average molecular weight is 95.1 g/mol. The molecule has 1 aromatic rings. The van der Waals surface area contributed by atoms with Crippen molar-refractivity contribution in [3.63, 3.8) is 0 Å². The van der Waals surface area contributed by atoms with Gasteiger partial charge in [-0.2, -0.15) is 0 Å². The van der Waals surface area contributed by atoms with Crippen LogP contribution in [0.3, 0.4) is 0 Å². The maximum absolute atomic E-state index is 2.92. The molecule has 0 amide bonds. The molecule has 0 spiro atoms. The molecule has 0 aliphatic heterocycles. The molecule has 0 aliphatic rings. The van der Waals surface area contributed by atoms with Crippen molar-refractivity contribution in [2.45, 2.75) is 0 Å². The molecular formula is C5H7N2. The van der Waals surface area contributed by atoms with E-state index in [9.17, 15) is 0 Å². The lowest BCUT2D eigenvalue weighted by Gasteiger charge is -1.85. The quantitative estimate of drug-likeness (QED) is 0.532. The monoisotopic (exact) mass is 95.1 g/mol. The van der Waals surface area contributed by atoms with E-state index in [4.69, 9.17) is 0 Å². The van der Waals surface area contributed by atoms with E-state index in [0.29, 0.717) is 0 Å². The molecule has 0 atom stereocenters. The molecule has 1 radical (unpaired) electrons.